The molecule has 1 unspecified atom stereocenters. The first-order valence-electron chi connectivity index (χ1n) is 2.80. The molecule has 0 saturated heterocycles. The summed E-state index contributed by atoms with van der Waals surface area (Å²) in [7, 11) is -2.36. The monoisotopic (exact) mass is 192 g/mol. The molecule has 0 radical (unpaired) electrons. The Morgan fingerprint density at radius 2 is 2.18 bits per heavy atom. The van der Waals surface area contributed by atoms with Gasteiger partial charge in [0.05, 0.1) is 4.86 Å². The van der Waals surface area contributed by atoms with Crippen molar-refractivity contribution >= 4 is 26.8 Å². The third kappa shape index (κ3) is 1.64. The van der Waals surface area contributed by atoms with Crippen LogP contribution in [0, 0.1) is 0 Å². The van der Waals surface area contributed by atoms with Crippen LogP contribution in [0.15, 0.2) is 24.0 Å². The number of aliphatic hydroxyl groups excluding tert-OH is 1. The van der Waals surface area contributed by atoms with Crippen molar-refractivity contribution in [1.29, 1.82) is 0 Å². The molecule has 0 aromatic rings. The van der Waals surface area contributed by atoms with E-state index >= 15 is 0 Å². The van der Waals surface area contributed by atoms with E-state index in [9.17, 15) is 8.42 Å². The van der Waals surface area contributed by atoms with Crippen molar-refractivity contribution in [2.45, 2.75) is 5.38 Å². The van der Waals surface area contributed by atoms with E-state index < -0.39 is 15.7 Å². The van der Waals surface area contributed by atoms with Gasteiger partial charge in [0.2, 0.25) is 10.3 Å². The van der Waals surface area contributed by atoms with Crippen molar-refractivity contribution in [1.82, 2.24) is 0 Å². The van der Waals surface area contributed by atoms with Crippen LogP contribution in [0.4, 0.5) is 0 Å². The van der Waals surface area contributed by atoms with E-state index in [-0.39, 0.29) is 10.6 Å². The molecule has 5 heteroatoms. The molecule has 60 valence electrons. The van der Waals surface area contributed by atoms with E-state index in [0.717, 1.165) is 0 Å². The zero-order valence-corrected chi connectivity index (χ0v) is 6.93. The first-order chi connectivity index (χ1) is 5.13. The predicted molar refractivity (Wildman–Crippen MR) is 43.4 cm³/mol. The minimum absolute atomic E-state index is 0.00772. The molecular formula is C6H5ClO3S. The fraction of sp³-hybridized carbons (Fsp3) is 0.167. The van der Waals surface area contributed by atoms with E-state index in [2.05, 4.69) is 0 Å². The van der Waals surface area contributed by atoms with Crippen molar-refractivity contribution in [2.75, 3.05) is 0 Å². The van der Waals surface area contributed by atoms with Crippen molar-refractivity contribution < 1.29 is 13.5 Å². The Morgan fingerprint density at radius 1 is 1.55 bits per heavy atom. The van der Waals surface area contributed by atoms with Crippen LogP contribution >= 0.6 is 11.6 Å². The molecule has 0 fully saturated rings. The number of alkyl halides is 1. The fourth-order valence-corrected chi connectivity index (χ4v) is 1.54. The molecule has 0 bridgehead atoms. The van der Waals surface area contributed by atoms with Crippen molar-refractivity contribution in [2.24, 2.45) is 0 Å². The van der Waals surface area contributed by atoms with Crippen LogP contribution in [0.25, 0.3) is 0 Å². The smallest absolute Gasteiger partial charge is 0.219 e. The molecule has 0 heterocycles. The first kappa shape index (κ1) is 8.36. The summed E-state index contributed by atoms with van der Waals surface area (Å²) < 4.78 is 20.8. The molecule has 0 saturated carbocycles. The second kappa shape index (κ2) is 3.11. The molecule has 3 nitrogen and oxygen atoms in total. The number of allylic oxidation sites excluding steroid dienone is 4. The maximum Gasteiger partial charge on any atom is 0.219 e. The lowest BCUT2D eigenvalue weighted by molar-refractivity contribution is 0.407. The van der Waals surface area contributed by atoms with Crippen molar-refractivity contribution in [3.05, 3.63) is 24.0 Å². The van der Waals surface area contributed by atoms with Gasteiger partial charge in [-0.25, -0.2) is 0 Å². The van der Waals surface area contributed by atoms with Gasteiger partial charge in [-0.2, -0.15) is 8.42 Å². The summed E-state index contributed by atoms with van der Waals surface area (Å²) in [6.07, 6.45) is 4.13. The van der Waals surface area contributed by atoms with Crippen LogP contribution in [0.2, 0.25) is 0 Å². The third-order valence-corrected chi connectivity index (χ3v) is 2.57. The van der Waals surface area contributed by atoms with E-state index in [1.807, 2.05) is 0 Å². The second-order valence-electron chi connectivity index (χ2n) is 1.95. The van der Waals surface area contributed by atoms with Gasteiger partial charge in [0.15, 0.2) is 0 Å². The van der Waals surface area contributed by atoms with Crippen LogP contribution in [-0.2, 0) is 10.3 Å². The zero-order chi connectivity index (χ0) is 8.43. The molecule has 1 rings (SSSR count). The number of aliphatic hydroxyl groups is 1. The molecule has 0 spiro atoms. The topological polar surface area (TPSA) is 54.4 Å². The standard InChI is InChI=1S/C6H5ClO3S/c7-6-4(8)2-1-3-5(6)11(9)10/h1-3,6,8H. The highest BCUT2D eigenvalue weighted by Crippen LogP contribution is 2.13. The fourth-order valence-electron chi connectivity index (χ4n) is 0.696. The van der Waals surface area contributed by atoms with E-state index in [4.69, 9.17) is 16.7 Å². The Hall–Kier alpha value is -0.740. The van der Waals surface area contributed by atoms with Gasteiger partial charge in [-0.15, -0.1) is 11.6 Å². The Morgan fingerprint density at radius 3 is 2.64 bits per heavy atom. The van der Waals surface area contributed by atoms with Crippen LogP contribution < -0.4 is 0 Å². The van der Waals surface area contributed by atoms with E-state index in [0.29, 0.717) is 0 Å². The molecular weight excluding hydrogens is 188 g/mol. The van der Waals surface area contributed by atoms with Gasteiger partial charge < -0.3 is 5.11 Å². The van der Waals surface area contributed by atoms with Crippen LogP contribution in [0.5, 0.6) is 0 Å². The molecule has 0 aromatic carbocycles. The molecule has 0 aliphatic heterocycles. The highest BCUT2D eigenvalue weighted by molar-refractivity contribution is 7.73. The summed E-state index contributed by atoms with van der Waals surface area (Å²) in [6.45, 7) is 0. The zero-order valence-electron chi connectivity index (χ0n) is 5.36. The largest absolute Gasteiger partial charge is 0.510 e. The minimum atomic E-state index is -2.36. The highest BCUT2D eigenvalue weighted by Gasteiger charge is 2.18. The summed E-state index contributed by atoms with van der Waals surface area (Å²) in [4.78, 5) is -0.00772. The minimum Gasteiger partial charge on any atom is -0.510 e. The van der Waals surface area contributed by atoms with E-state index in [1.54, 1.807) is 0 Å². The SMILES string of the molecule is O=S(=O)=C1C=CC=C(O)C1Cl. The summed E-state index contributed by atoms with van der Waals surface area (Å²) in [5.41, 5.74) is 0. The normalized spacial score (nSPS) is 23.2. The average molecular weight is 193 g/mol. The first-order valence-corrected chi connectivity index (χ1v) is 4.31. The molecule has 0 amide bonds. The molecule has 1 aliphatic rings. The Bertz CT molecular complexity index is 342. The molecule has 1 N–H and O–H groups in total. The Kier molecular flexibility index (Phi) is 2.36. The number of rotatable bonds is 0. The van der Waals surface area contributed by atoms with Gasteiger partial charge in [-0.1, -0.05) is 6.08 Å². The Labute approximate surface area is 70.1 Å². The highest BCUT2D eigenvalue weighted by atomic mass is 35.5. The maximum atomic E-state index is 10.4. The third-order valence-electron chi connectivity index (χ3n) is 1.23. The van der Waals surface area contributed by atoms with Gasteiger partial charge in [0, 0.05) is 0 Å². The van der Waals surface area contributed by atoms with Crippen LogP contribution in [0.1, 0.15) is 0 Å². The molecule has 0 aromatic heterocycles. The lowest BCUT2D eigenvalue weighted by atomic mass is 10.1. The quantitative estimate of drug-likeness (QED) is 0.453. The summed E-state index contributed by atoms with van der Waals surface area (Å²) in [5, 5.41) is 8.05. The van der Waals surface area contributed by atoms with Crippen LogP contribution in [-0.4, -0.2) is 23.8 Å². The number of halogens is 1. The lowest BCUT2D eigenvalue weighted by Gasteiger charge is -2.08. The van der Waals surface area contributed by atoms with Gasteiger partial charge in [0.1, 0.15) is 11.1 Å². The maximum absolute atomic E-state index is 10.4. The molecule has 11 heavy (non-hydrogen) atoms. The molecule has 1 aliphatic carbocycles. The second-order valence-corrected chi connectivity index (χ2v) is 3.33. The average Bonchev–Trinajstić information content (AvgIpc) is 1.94. The van der Waals surface area contributed by atoms with Gasteiger partial charge in [0.25, 0.3) is 0 Å². The van der Waals surface area contributed by atoms with Crippen molar-refractivity contribution in [3.8, 4) is 0 Å². The number of hydrogen-bond donors (Lipinski definition) is 1. The van der Waals surface area contributed by atoms with Gasteiger partial charge in [-0.05, 0) is 12.2 Å². The lowest BCUT2D eigenvalue weighted by Crippen LogP contribution is -2.17. The summed E-state index contributed by atoms with van der Waals surface area (Å²) in [6, 6.07) is 0. The van der Waals surface area contributed by atoms with Crippen molar-refractivity contribution in [3.63, 3.8) is 0 Å². The predicted octanol–water partition coefficient (Wildman–Crippen LogP) is 0.657. The van der Waals surface area contributed by atoms with Gasteiger partial charge in [-0.3, -0.25) is 0 Å². The molecule has 1 atom stereocenters. The number of hydrogen-bond acceptors (Lipinski definition) is 3. The summed E-state index contributed by atoms with van der Waals surface area (Å²) >= 11 is 5.53. The van der Waals surface area contributed by atoms with Crippen LogP contribution in [0.3, 0.4) is 0 Å². The Balaban J connectivity index is 3.20. The summed E-state index contributed by atoms with van der Waals surface area (Å²) in [5.74, 6) is -0.145. The van der Waals surface area contributed by atoms with E-state index in [1.165, 1.54) is 18.2 Å². The van der Waals surface area contributed by atoms with Gasteiger partial charge >= 0.3 is 0 Å².